The Morgan fingerprint density at radius 2 is 2.08 bits per heavy atom. The van der Waals surface area contributed by atoms with Crippen LogP contribution in [0, 0.1) is 0 Å². The molecule has 1 aliphatic heterocycles. The van der Waals surface area contributed by atoms with Gasteiger partial charge in [0.2, 0.25) is 23.5 Å². The zero-order chi connectivity index (χ0) is 17.1. The molecule has 1 N–H and O–H groups in total. The van der Waals surface area contributed by atoms with E-state index < -0.39 is 11.9 Å². The van der Waals surface area contributed by atoms with E-state index in [-0.39, 0.29) is 31.4 Å². The molecule has 1 saturated heterocycles. The zero-order valence-electron chi connectivity index (χ0n) is 12.9. The number of hydrogen-bond acceptors (Lipinski definition) is 6. The van der Waals surface area contributed by atoms with E-state index in [0.717, 1.165) is 10.5 Å². The second-order valence-electron chi connectivity index (χ2n) is 5.34. The topological polar surface area (TPSA) is 109 Å². The maximum atomic E-state index is 12.1. The maximum absolute atomic E-state index is 12.1. The van der Waals surface area contributed by atoms with Gasteiger partial charge in [-0.15, -0.1) is 0 Å². The molecule has 0 bridgehead atoms. The van der Waals surface area contributed by atoms with Gasteiger partial charge in [-0.05, 0) is 0 Å². The molecule has 0 aliphatic carbocycles. The van der Waals surface area contributed by atoms with Crippen molar-refractivity contribution in [2.24, 2.45) is 0 Å². The van der Waals surface area contributed by atoms with E-state index in [0.29, 0.717) is 5.82 Å². The third-order valence-electron chi connectivity index (χ3n) is 3.49. The van der Waals surface area contributed by atoms with Crippen molar-refractivity contribution in [1.82, 2.24) is 25.3 Å². The average Bonchev–Trinajstić information content (AvgIpc) is 3.15. The molecule has 2 aromatic rings. The second-order valence-corrected chi connectivity index (χ2v) is 5.34. The molecular formula is C15H15N5O4. The minimum atomic E-state index is -0.564. The third-order valence-corrected chi connectivity index (χ3v) is 3.49. The number of rotatable bonds is 5. The Bertz CT molecular complexity index is 773. The Hall–Kier alpha value is -3.23. The highest BCUT2D eigenvalue weighted by molar-refractivity contribution is 6.03. The lowest BCUT2D eigenvalue weighted by atomic mass is 10.2. The van der Waals surface area contributed by atoms with Gasteiger partial charge in [-0.3, -0.25) is 14.9 Å². The van der Waals surface area contributed by atoms with Gasteiger partial charge in [-0.25, -0.2) is 4.79 Å². The largest absolute Gasteiger partial charge is 0.337 e. The zero-order valence-corrected chi connectivity index (χ0v) is 12.9. The maximum Gasteiger partial charge on any atom is 0.325 e. The number of hydrogen-bond donors (Lipinski definition) is 1. The molecule has 9 heteroatoms. The van der Waals surface area contributed by atoms with Crippen molar-refractivity contribution in [2.75, 3.05) is 20.1 Å². The van der Waals surface area contributed by atoms with Crippen LogP contribution in [-0.2, 0) is 16.1 Å². The van der Waals surface area contributed by atoms with Gasteiger partial charge in [-0.1, -0.05) is 35.5 Å². The Labute approximate surface area is 137 Å². The number of urea groups is 1. The SMILES string of the molecule is CN(Cc1nc(-c2ccccc2)no1)C(=O)CN1CC(=O)NC1=O. The summed E-state index contributed by atoms with van der Waals surface area (Å²) in [5, 5.41) is 6.00. The average molecular weight is 329 g/mol. The van der Waals surface area contributed by atoms with Crippen molar-refractivity contribution in [1.29, 1.82) is 0 Å². The van der Waals surface area contributed by atoms with Gasteiger partial charge in [0.1, 0.15) is 13.1 Å². The first kappa shape index (κ1) is 15.7. The van der Waals surface area contributed by atoms with Crippen LogP contribution in [0.3, 0.4) is 0 Å². The molecule has 9 nitrogen and oxygen atoms in total. The van der Waals surface area contributed by atoms with Crippen LogP contribution in [0.5, 0.6) is 0 Å². The lowest BCUT2D eigenvalue weighted by Crippen LogP contribution is -2.39. The summed E-state index contributed by atoms with van der Waals surface area (Å²) in [5.41, 5.74) is 0.814. The van der Waals surface area contributed by atoms with E-state index in [9.17, 15) is 14.4 Å². The summed E-state index contributed by atoms with van der Waals surface area (Å²) < 4.78 is 5.15. The lowest BCUT2D eigenvalue weighted by molar-refractivity contribution is -0.131. The first-order valence-corrected chi connectivity index (χ1v) is 7.23. The Morgan fingerprint density at radius 3 is 2.75 bits per heavy atom. The van der Waals surface area contributed by atoms with Crippen molar-refractivity contribution in [3.8, 4) is 11.4 Å². The summed E-state index contributed by atoms with van der Waals surface area (Å²) >= 11 is 0. The molecule has 24 heavy (non-hydrogen) atoms. The van der Waals surface area contributed by atoms with E-state index in [2.05, 4.69) is 15.5 Å². The molecule has 0 saturated carbocycles. The van der Waals surface area contributed by atoms with Crippen LogP contribution in [0.1, 0.15) is 5.89 Å². The Kier molecular flexibility index (Phi) is 4.23. The van der Waals surface area contributed by atoms with E-state index in [1.165, 1.54) is 4.90 Å². The molecule has 1 fully saturated rings. The van der Waals surface area contributed by atoms with E-state index in [1.807, 2.05) is 30.3 Å². The predicted molar refractivity (Wildman–Crippen MR) is 81.3 cm³/mol. The molecule has 1 aliphatic rings. The number of aromatic nitrogens is 2. The number of nitrogens with zero attached hydrogens (tertiary/aromatic N) is 4. The first-order valence-electron chi connectivity index (χ1n) is 7.23. The molecule has 0 unspecified atom stereocenters. The minimum absolute atomic E-state index is 0.113. The number of carbonyl (C=O) groups is 3. The minimum Gasteiger partial charge on any atom is -0.337 e. The van der Waals surface area contributed by atoms with Crippen LogP contribution in [0.2, 0.25) is 0 Å². The van der Waals surface area contributed by atoms with Gasteiger partial charge in [0.05, 0.1) is 6.54 Å². The lowest BCUT2D eigenvalue weighted by Gasteiger charge is -2.18. The molecule has 2 heterocycles. The molecule has 1 aromatic heterocycles. The third kappa shape index (κ3) is 3.40. The normalized spacial score (nSPS) is 14.0. The summed E-state index contributed by atoms with van der Waals surface area (Å²) in [6.45, 7) is -0.188. The molecule has 124 valence electrons. The highest BCUT2D eigenvalue weighted by atomic mass is 16.5. The van der Waals surface area contributed by atoms with Crippen molar-refractivity contribution >= 4 is 17.8 Å². The van der Waals surface area contributed by atoms with Crippen molar-refractivity contribution in [3.05, 3.63) is 36.2 Å². The molecule has 3 rings (SSSR count). The van der Waals surface area contributed by atoms with Gasteiger partial charge in [0.25, 0.3) is 0 Å². The van der Waals surface area contributed by atoms with Gasteiger partial charge < -0.3 is 14.3 Å². The summed E-state index contributed by atoms with van der Waals surface area (Å²) in [4.78, 5) is 41.4. The number of benzene rings is 1. The van der Waals surface area contributed by atoms with Crippen LogP contribution >= 0.6 is 0 Å². The fourth-order valence-electron chi connectivity index (χ4n) is 2.21. The predicted octanol–water partition coefficient (Wildman–Crippen LogP) is 0.247. The molecule has 4 amide bonds. The van der Waals surface area contributed by atoms with Gasteiger partial charge >= 0.3 is 6.03 Å². The van der Waals surface area contributed by atoms with Crippen LogP contribution in [0.4, 0.5) is 4.79 Å². The monoisotopic (exact) mass is 329 g/mol. The number of imide groups is 1. The van der Waals surface area contributed by atoms with Gasteiger partial charge in [0.15, 0.2) is 0 Å². The highest BCUT2D eigenvalue weighted by Crippen LogP contribution is 2.15. The van der Waals surface area contributed by atoms with Crippen LogP contribution in [-0.4, -0.2) is 57.9 Å². The van der Waals surface area contributed by atoms with Crippen molar-refractivity contribution in [2.45, 2.75) is 6.54 Å². The molecule has 0 radical (unpaired) electrons. The molecule has 1 aromatic carbocycles. The van der Waals surface area contributed by atoms with E-state index in [1.54, 1.807) is 7.05 Å². The number of amides is 4. The standard InChI is InChI=1S/C15H15N5O4/c1-19(13(22)9-20-7-11(21)16-15(20)23)8-12-17-14(18-24-12)10-5-3-2-4-6-10/h2-6H,7-9H2,1H3,(H,16,21,23). The van der Waals surface area contributed by atoms with Gasteiger partial charge in [0, 0.05) is 12.6 Å². The van der Waals surface area contributed by atoms with Crippen LogP contribution < -0.4 is 5.32 Å². The van der Waals surface area contributed by atoms with E-state index in [4.69, 9.17) is 4.52 Å². The fraction of sp³-hybridized carbons (Fsp3) is 0.267. The smallest absolute Gasteiger partial charge is 0.325 e. The number of likely N-dealkylation sites (N-methyl/N-ethyl adjacent to an activating group) is 1. The summed E-state index contributed by atoms with van der Waals surface area (Å²) in [6, 6.07) is 8.76. The number of nitrogens with one attached hydrogen (secondary N) is 1. The summed E-state index contributed by atoms with van der Waals surface area (Å²) in [5.74, 6) is -0.0261. The molecule has 0 spiro atoms. The highest BCUT2D eigenvalue weighted by Gasteiger charge is 2.29. The summed E-state index contributed by atoms with van der Waals surface area (Å²) in [7, 11) is 1.56. The molecule has 0 atom stereocenters. The van der Waals surface area contributed by atoms with Crippen LogP contribution in [0.25, 0.3) is 11.4 Å². The van der Waals surface area contributed by atoms with Gasteiger partial charge in [-0.2, -0.15) is 4.98 Å². The summed E-state index contributed by atoms with van der Waals surface area (Å²) in [6.07, 6.45) is 0. The Morgan fingerprint density at radius 1 is 1.33 bits per heavy atom. The van der Waals surface area contributed by atoms with Crippen molar-refractivity contribution in [3.63, 3.8) is 0 Å². The quantitative estimate of drug-likeness (QED) is 0.788. The van der Waals surface area contributed by atoms with Crippen LogP contribution in [0.15, 0.2) is 34.9 Å². The molecular weight excluding hydrogens is 314 g/mol. The second kappa shape index (κ2) is 6.49. The Balaban J connectivity index is 1.59. The first-order chi connectivity index (χ1) is 11.5. The van der Waals surface area contributed by atoms with E-state index >= 15 is 0 Å². The fourth-order valence-corrected chi connectivity index (χ4v) is 2.21. The number of carbonyl (C=O) groups excluding carboxylic acids is 3. The van der Waals surface area contributed by atoms with Crippen molar-refractivity contribution < 1.29 is 18.9 Å².